The lowest BCUT2D eigenvalue weighted by molar-refractivity contribution is 0.571. The van der Waals surface area contributed by atoms with E-state index in [9.17, 15) is 0 Å². The lowest BCUT2D eigenvalue weighted by atomic mass is 10.1. The molecule has 0 saturated carbocycles. The van der Waals surface area contributed by atoms with Gasteiger partial charge in [-0.05, 0) is 25.8 Å². The van der Waals surface area contributed by atoms with Crippen molar-refractivity contribution in [3.63, 3.8) is 0 Å². The van der Waals surface area contributed by atoms with Gasteiger partial charge < -0.3 is 10.3 Å². The average molecular weight is 222 g/mol. The van der Waals surface area contributed by atoms with E-state index < -0.39 is 0 Å². The molecule has 0 aliphatic carbocycles. The van der Waals surface area contributed by atoms with Crippen LogP contribution in [0.3, 0.4) is 0 Å². The summed E-state index contributed by atoms with van der Waals surface area (Å²) in [6.45, 7) is 9.86. The van der Waals surface area contributed by atoms with Crippen molar-refractivity contribution >= 4 is 11.5 Å². The third-order valence-electron chi connectivity index (χ3n) is 2.41. The Labute approximate surface area is 97.8 Å². The number of anilines is 2. The number of nitrogens with zero attached hydrogens (tertiary/aromatic N) is 2. The van der Waals surface area contributed by atoms with Crippen molar-refractivity contribution in [1.29, 1.82) is 0 Å². The summed E-state index contributed by atoms with van der Waals surface area (Å²) in [6.07, 6.45) is 1.78. The molecule has 4 heteroatoms. The molecular formula is C12H22N4. The number of hydrogen-bond donors (Lipinski definition) is 2. The lowest BCUT2D eigenvalue weighted by Gasteiger charge is -2.30. The highest BCUT2D eigenvalue weighted by atomic mass is 15.3. The first-order valence-corrected chi connectivity index (χ1v) is 5.74. The van der Waals surface area contributed by atoms with Gasteiger partial charge in [-0.1, -0.05) is 13.8 Å². The fourth-order valence-electron chi connectivity index (χ4n) is 1.68. The topological polar surface area (TPSA) is 54.2 Å². The maximum absolute atomic E-state index is 5.37. The van der Waals surface area contributed by atoms with Gasteiger partial charge in [0.25, 0.3) is 0 Å². The average Bonchev–Trinajstić information content (AvgIpc) is 2.25. The first-order valence-electron chi connectivity index (χ1n) is 5.74. The molecule has 1 aromatic heterocycles. The SMILES string of the molecule is CC(C)CN(c1ccnc(NN)c1)C(C)C. The predicted octanol–water partition coefficient (Wildman–Crippen LogP) is 2.24. The Morgan fingerprint density at radius 2 is 2.06 bits per heavy atom. The number of pyridine rings is 1. The van der Waals surface area contributed by atoms with Gasteiger partial charge >= 0.3 is 0 Å². The Hall–Kier alpha value is -1.29. The molecule has 90 valence electrons. The summed E-state index contributed by atoms with van der Waals surface area (Å²) in [5, 5.41) is 0. The van der Waals surface area contributed by atoms with Crippen LogP contribution in [0.25, 0.3) is 0 Å². The van der Waals surface area contributed by atoms with E-state index in [-0.39, 0.29) is 0 Å². The standard InChI is InChI=1S/C12H22N4/c1-9(2)8-16(10(3)4)11-5-6-14-12(7-11)15-13/h5-7,9-10H,8,13H2,1-4H3,(H,14,15). The van der Waals surface area contributed by atoms with Crippen LogP contribution in [0.5, 0.6) is 0 Å². The molecule has 0 unspecified atom stereocenters. The molecule has 4 nitrogen and oxygen atoms in total. The number of rotatable bonds is 5. The van der Waals surface area contributed by atoms with E-state index in [0.717, 1.165) is 12.2 Å². The van der Waals surface area contributed by atoms with Gasteiger partial charge in [-0.15, -0.1) is 0 Å². The number of nitrogen functional groups attached to an aromatic ring is 1. The molecule has 0 bridgehead atoms. The fourth-order valence-corrected chi connectivity index (χ4v) is 1.68. The van der Waals surface area contributed by atoms with Crippen molar-refractivity contribution in [3.05, 3.63) is 18.3 Å². The Bertz CT molecular complexity index is 323. The Morgan fingerprint density at radius 1 is 1.38 bits per heavy atom. The highest BCUT2D eigenvalue weighted by Gasteiger charge is 2.12. The van der Waals surface area contributed by atoms with Crippen LogP contribution in [-0.2, 0) is 0 Å². The lowest BCUT2D eigenvalue weighted by Crippen LogP contribution is -2.34. The highest BCUT2D eigenvalue weighted by molar-refractivity contribution is 5.53. The molecule has 1 heterocycles. The van der Waals surface area contributed by atoms with Gasteiger partial charge in [-0.25, -0.2) is 10.8 Å². The van der Waals surface area contributed by atoms with Crippen molar-refractivity contribution in [1.82, 2.24) is 4.98 Å². The zero-order valence-corrected chi connectivity index (χ0v) is 10.6. The smallest absolute Gasteiger partial charge is 0.141 e. The van der Waals surface area contributed by atoms with Gasteiger partial charge in [-0.3, -0.25) is 0 Å². The first kappa shape index (κ1) is 12.8. The summed E-state index contributed by atoms with van der Waals surface area (Å²) in [6, 6.07) is 4.46. The van der Waals surface area contributed by atoms with Crippen molar-refractivity contribution in [3.8, 4) is 0 Å². The minimum Gasteiger partial charge on any atom is -0.369 e. The molecular weight excluding hydrogens is 200 g/mol. The second-order valence-electron chi connectivity index (χ2n) is 4.68. The van der Waals surface area contributed by atoms with Gasteiger partial charge in [0.1, 0.15) is 5.82 Å². The third kappa shape index (κ3) is 3.38. The molecule has 0 aliphatic rings. The number of nitrogens with one attached hydrogen (secondary N) is 1. The minimum atomic E-state index is 0.468. The molecule has 1 rings (SSSR count). The zero-order valence-electron chi connectivity index (χ0n) is 10.6. The predicted molar refractivity (Wildman–Crippen MR) is 69.4 cm³/mol. The summed E-state index contributed by atoms with van der Waals surface area (Å²) in [5.41, 5.74) is 3.74. The van der Waals surface area contributed by atoms with Crippen molar-refractivity contribution in [2.45, 2.75) is 33.7 Å². The minimum absolute atomic E-state index is 0.468. The summed E-state index contributed by atoms with van der Waals surface area (Å²) in [5.74, 6) is 6.70. The van der Waals surface area contributed by atoms with E-state index in [4.69, 9.17) is 5.84 Å². The molecule has 0 amide bonds. The largest absolute Gasteiger partial charge is 0.369 e. The normalized spacial score (nSPS) is 10.9. The molecule has 0 aromatic carbocycles. The molecule has 0 spiro atoms. The molecule has 0 aliphatic heterocycles. The second kappa shape index (κ2) is 5.70. The van der Waals surface area contributed by atoms with Crippen LogP contribution in [0.4, 0.5) is 11.5 Å². The van der Waals surface area contributed by atoms with Crippen molar-refractivity contribution < 1.29 is 0 Å². The molecule has 1 aromatic rings. The molecule has 0 radical (unpaired) electrons. The second-order valence-corrected chi connectivity index (χ2v) is 4.68. The van der Waals surface area contributed by atoms with Crippen LogP contribution in [0.1, 0.15) is 27.7 Å². The Morgan fingerprint density at radius 3 is 2.56 bits per heavy atom. The van der Waals surface area contributed by atoms with E-state index in [1.54, 1.807) is 6.20 Å². The van der Waals surface area contributed by atoms with E-state index in [2.05, 4.69) is 43.0 Å². The zero-order chi connectivity index (χ0) is 12.1. The van der Waals surface area contributed by atoms with Crippen molar-refractivity contribution in [2.24, 2.45) is 11.8 Å². The van der Waals surface area contributed by atoms with Gasteiger partial charge in [0.15, 0.2) is 0 Å². The molecule has 0 atom stereocenters. The molecule has 0 saturated heterocycles. The van der Waals surface area contributed by atoms with Crippen LogP contribution in [0.15, 0.2) is 18.3 Å². The number of aromatic nitrogens is 1. The molecule has 16 heavy (non-hydrogen) atoms. The van der Waals surface area contributed by atoms with E-state index >= 15 is 0 Å². The number of nitrogens with two attached hydrogens (primary N) is 1. The highest BCUT2D eigenvalue weighted by Crippen LogP contribution is 2.20. The summed E-state index contributed by atoms with van der Waals surface area (Å²) >= 11 is 0. The molecule has 0 fully saturated rings. The quantitative estimate of drug-likeness (QED) is 0.592. The van der Waals surface area contributed by atoms with E-state index in [0.29, 0.717) is 17.8 Å². The third-order valence-corrected chi connectivity index (χ3v) is 2.41. The van der Waals surface area contributed by atoms with E-state index in [1.165, 1.54) is 0 Å². The monoisotopic (exact) mass is 222 g/mol. The van der Waals surface area contributed by atoms with Crippen LogP contribution in [0.2, 0.25) is 0 Å². The van der Waals surface area contributed by atoms with Crippen molar-refractivity contribution in [2.75, 3.05) is 16.9 Å². The van der Waals surface area contributed by atoms with Gasteiger partial charge in [0, 0.05) is 30.5 Å². The van der Waals surface area contributed by atoms with Gasteiger partial charge in [0.2, 0.25) is 0 Å². The van der Waals surface area contributed by atoms with E-state index in [1.807, 2.05) is 12.1 Å². The summed E-state index contributed by atoms with van der Waals surface area (Å²) < 4.78 is 0. The fraction of sp³-hybridized carbons (Fsp3) is 0.583. The first-order chi connectivity index (χ1) is 7.54. The van der Waals surface area contributed by atoms with Crippen LogP contribution < -0.4 is 16.2 Å². The number of hydrogen-bond acceptors (Lipinski definition) is 4. The summed E-state index contributed by atoms with van der Waals surface area (Å²) in [4.78, 5) is 6.47. The Kier molecular flexibility index (Phi) is 4.55. The maximum Gasteiger partial charge on any atom is 0.141 e. The van der Waals surface area contributed by atoms with Gasteiger partial charge in [0.05, 0.1) is 0 Å². The summed E-state index contributed by atoms with van der Waals surface area (Å²) in [7, 11) is 0. The van der Waals surface area contributed by atoms with Gasteiger partial charge in [-0.2, -0.15) is 0 Å². The molecule has 3 N–H and O–H groups in total. The van der Waals surface area contributed by atoms with Crippen LogP contribution in [0, 0.1) is 5.92 Å². The maximum atomic E-state index is 5.37. The van der Waals surface area contributed by atoms with Crippen LogP contribution in [-0.4, -0.2) is 17.6 Å². The number of hydrazine groups is 1. The van der Waals surface area contributed by atoms with Crippen LogP contribution >= 0.6 is 0 Å². The Balaban J connectivity index is 2.91.